The van der Waals surface area contributed by atoms with Crippen molar-refractivity contribution in [2.24, 2.45) is 0 Å². The minimum Gasteiger partial charge on any atom is -0.478 e. The summed E-state index contributed by atoms with van der Waals surface area (Å²) in [5, 5.41) is 8.61. The molecule has 0 radical (unpaired) electrons. The Morgan fingerprint density at radius 3 is 2.64 bits per heavy atom. The number of aromatic nitrogens is 1. The number of nitrogens with two attached hydrogens (primary N) is 1. The number of anilines is 1. The van der Waals surface area contributed by atoms with Gasteiger partial charge in [-0.2, -0.15) is 0 Å². The van der Waals surface area contributed by atoms with Gasteiger partial charge in [-0.25, -0.2) is 18.6 Å². The SMILES string of the molecule is Nc1ncc(C(=O)O)c(Br)c1C(F)F. The zero-order valence-corrected chi connectivity index (χ0v) is 8.25. The third kappa shape index (κ3) is 1.82. The highest BCUT2D eigenvalue weighted by Crippen LogP contribution is 2.33. The first-order valence-electron chi connectivity index (χ1n) is 3.40. The number of aromatic carboxylic acids is 1. The number of nitrogen functional groups attached to an aromatic ring is 1. The van der Waals surface area contributed by atoms with Gasteiger partial charge in [-0.1, -0.05) is 0 Å². The lowest BCUT2D eigenvalue weighted by Crippen LogP contribution is -2.06. The summed E-state index contributed by atoms with van der Waals surface area (Å²) in [4.78, 5) is 13.9. The topological polar surface area (TPSA) is 76.2 Å². The number of hydrogen-bond donors (Lipinski definition) is 2. The van der Waals surface area contributed by atoms with E-state index in [1.807, 2.05) is 0 Å². The fourth-order valence-electron chi connectivity index (χ4n) is 0.875. The highest BCUT2D eigenvalue weighted by molar-refractivity contribution is 9.10. The number of alkyl halides is 2. The van der Waals surface area contributed by atoms with Gasteiger partial charge in [0.05, 0.1) is 11.1 Å². The molecule has 0 unspecified atom stereocenters. The Hall–Kier alpha value is -1.24. The molecule has 1 aromatic rings. The lowest BCUT2D eigenvalue weighted by molar-refractivity contribution is 0.0695. The van der Waals surface area contributed by atoms with Crippen molar-refractivity contribution in [1.29, 1.82) is 0 Å². The Balaban J connectivity index is 3.41. The molecule has 0 aliphatic carbocycles. The molecule has 76 valence electrons. The van der Waals surface area contributed by atoms with Crippen LogP contribution in [0.15, 0.2) is 10.7 Å². The minimum absolute atomic E-state index is 0.229. The van der Waals surface area contributed by atoms with Crippen LogP contribution < -0.4 is 5.73 Å². The molecule has 3 N–H and O–H groups in total. The van der Waals surface area contributed by atoms with E-state index in [-0.39, 0.29) is 15.9 Å². The van der Waals surface area contributed by atoms with Crippen molar-refractivity contribution < 1.29 is 18.7 Å². The van der Waals surface area contributed by atoms with Crippen LogP contribution in [-0.2, 0) is 0 Å². The number of carboxylic acids is 1. The summed E-state index contributed by atoms with van der Waals surface area (Å²) >= 11 is 2.75. The maximum Gasteiger partial charge on any atom is 0.338 e. The van der Waals surface area contributed by atoms with Crippen molar-refractivity contribution >= 4 is 27.7 Å². The normalized spacial score (nSPS) is 10.6. The Morgan fingerprint density at radius 2 is 2.21 bits per heavy atom. The maximum absolute atomic E-state index is 12.4. The monoisotopic (exact) mass is 266 g/mol. The fraction of sp³-hybridized carbons (Fsp3) is 0.143. The minimum atomic E-state index is -2.86. The molecule has 4 nitrogen and oxygen atoms in total. The summed E-state index contributed by atoms with van der Waals surface area (Å²) in [6, 6.07) is 0. The molecule has 0 aliphatic rings. The first-order chi connectivity index (χ1) is 6.45. The Bertz CT molecular complexity index is 384. The van der Waals surface area contributed by atoms with E-state index in [0.29, 0.717) is 0 Å². The first kappa shape index (κ1) is 10.8. The molecule has 0 aromatic carbocycles. The second kappa shape index (κ2) is 3.87. The van der Waals surface area contributed by atoms with Crippen molar-refractivity contribution in [2.75, 3.05) is 5.73 Å². The van der Waals surface area contributed by atoms with E-state index >= 15 is 0 Å². The van der Waals surface area contributed by atoms with E-state index in [4.69, 9.17) is 10.8 Å². The van der Waals surface area contributed by atoms with Gasteiger partial charge < -0.3 is 10.8 Å². The summed E-state index contributed by atoms with van der Waals surface area (Å²) in [6.07, 6.45) is -1.94. The van der Waals surface area contributed by atoms with Gasteiger partial charge in [-0.3, -0.25) is 0 Å². The standard InChI is InChI=1S/C7H5BrF2N2O2/c8-4-2(7(13)14)1-12-6(11)3(4)5(9)10/h1,5H,(H2,11,12)(H,13,14). The number of hydrogen-bond acceptors (Lipinski definition) is 3. The summed E-state index contributed by atoms with van der Waals surface area (Å²) in [6.45, 7) is 0. The van der Waals surface area contributed by atoms with E-state index < -0.39 is 18.0 Å². The summed E-state index contributed by atoms with van der Waals surface area (Å²) < 4.78 is 24.5. The molecule has 7 heteroatoms. The number of nitrogens with zero attached hydrogens (tertiary/aromatic N) is 1. The molecular weight excluding hydrogens is 262 g/mol. The third-order valence-corrected chi connectivity index (χ3v) is 2.38. The van der Waals surface area contributed by atoms with Crippen LogP contribution >= 0.6 is 15.9 Å². The average Bonchev–Trinajstić information content (AvgIpc) is 2.02. The number of halogens is 3. The van der Waals surface area contributed by atoms with Gasteiger partial charge in [0.25, 0.3) is 6.43 Å². The second-order valence-corrected chi connectivity index (χ2v) is 3.18. The number of rotatable bonds is 2. The van der Waals surface area contributed by atoms with Crippen LogP contribution in [0.25, 0.3) is 0 Å². The first-order valence-corrected chi connectivity index (χ1v) is 4.19. The van der Waals surface area contributed by atoms with E-state index in [0.717, 1.165) is 6.20 Å². The molecule has 0 saturated carbocycles. The number of carbonyl (C=O) groups is 1. The van der Waals surface area contributed by atoms with Gasteiger partial charge >= 0.3 is 5.97 Å². The van der Waals surface area contributed by atoms with Gasteiger partial charge in [0.1, 0.15) is 5.82 Å². The third-order valence-electron chi connectivity index (χ3n) is 1.53. The Morgan fingerprint density at radius 1 is 1.64 bits per heavy atom. The Labute approximate surface area is 85.9 Å². The molecule has 14 heavy (non-hydrogen) atoms. The zero-order valence-electron chi connectivity index (χ0n) is 6.67. The summed E-state index contributed by atoms with van der Waals surface area (Å²) in [5.74, 6) is -1.72. The predicted octanol–water partition coefficient (Wildman–Crippen LogP) is 2.06. The van der Waals surface area contributed by atoms with Crippen LogP contribution in [0, 0.1) is 0 Å². The van der Waals surface area contributed by atoms with E-state index in [9.17, 15) is 13.6 Å². The molecular formula is C7H5BrF2N2O2. The molecule has 0 fully saturated rings. The average molecular weight is 267 g/mol. The highest BCUT2D eigenvalue weighted by atomic mass is 79.9. The second-order valence-electron chi connectivity index (χ2n) is 2.39. The lowest BCUT2D eigenvalue weighted by Gasteiger charge is -2.08. The molecule has 1 aromatic heterocycles. The van der Waals surface area contributed by atoms with Gasteiger partial charge in [-0.05, 0) is 15.9 Å². The lowest BCUT2D eigenvalue weighted by atomic mass is 10.2. The molecule has 0 aliphatic heterocycles. The van der Waals surface area contributed by atoms with E-state index in [1.165, 1.54) is 0 Å². The summed E-state index contributed by atoms with van der Waals surface area (Å²) in [7, 11) is 0. The molecule has 0 atom stereocenters. The van der Waals surface area contributed by atoms with Crippen molar-refractivity contribution in [3.8, 4) is 0 Å². The molecule has 0 spiro atoms. The fourth-order valence-corrected chi connectivity index (χ4v) is 1.52. The quantitative estimate of drug-likeness (QED) is 0.859. The number of carboxylic acid groups (broad SMARTS) is 1. The predicted molar refractivity (Wildman–Crippen MR) is 48.3 cm³/mol. The molecule has 0 amide bonds. The highest BCUT2D eigenvalue weighted by Gasteiger charge is 2.21. The van der Waals surface area contributed by atoms with Gasteiger partial charge in [0, 0.05) is 10.7 Å². The van der Waals surface area contributed by atoms with Crippen LogP contribution in [0.2, 0.25) is 0 Å². The van der Waals surface area contributed by atoms with E-state index in [1.54, 1.807) is 0 Å². The summed E-state index contributed by atoms with van der Waals surface area (Å²) in [5.41, 5.74) is 4.25. The Kier molecular flexibility index (Phi) is 3.00. The smallest absolute Gasteiger partial charge is 0.338 e. The molecule has 1 heterocycles. The molecule has 0 bridgehead atoms. The van der Waals surface area contributed by atoms with Crippen molar-refractivity contribution in [3.63, 3.8) is 0 Å². The molecule has 1 rings (SSSR count). The van der Waals surface area contributed by atoms with Crippen LogP contribution in [0.4, 0.5) is 14.6 Å². The van der Waals surface area contributed by atoms with E-state index in [2.05, 4.69) is 20.9 Å². The zero-order chi connectivity index (χ0) is 10.9. The van der Waals surface area contributed by atoms with Crippen LogP contribution in [0.3, 0.4) is 0 Å². The number of pyridine rings is 1. The van der Waals surface area contributed by atoms with Crippen molar-refractivity contribution in [3.05, 3.63) is 21.8 Å². The maximum atomic E-state index is 12.4. The molecule has 0 saturated heterocycles. The van der Waals surface area contributed by atoms with Crippen molar-refractivity contribution in [2.45, 2.75) is 6.43 Å². The van der Waals surface area contributed by atoms with Gasteiger partial charge in [0.2, 0.25) is 0 Å². The van der Waals surface area contributed by atoms with Crippen molar-refractivity contribution in [1.82, 2.24) is 4.98 Å². The van der Waals surface area contributed by atoms with Crippen LogP contribution in [0.5, 0.6) is 0 Å². The van der Waals surface area contributed by atoms with Crippen LogP contribution in [-0.4, -0.2) is 16.1 Å². The van der Waals surface area contributed by atoms with Gasteiger partial charge in [-0.15, -0.1) is 0 Å². The largest absolute Gasteiger partial charge is 0.478 e. The van der Waals surface area contributed by atoms with Crippen LogP contribution in [0.1, 0.15) is 22.3 Å². The van der Waals surface area contributed by atoms with Gasteiger partial charge in [0.15, 0.2) is 0 Å².